The number of alkyl halides is 3. The maximum atomic E-state index is 12.7. The molecule has 2 heterocycles. The predicted octanol–water partition coefficient (Wildman–Crippen LogP) is 4.68. The number of non-ortho nitro benzene ring substituents is 1. The van der Waals surface area contributed by atoms with E-state index in [1.807, 2.05) is 4.90 Å². The van der Waals surface area contributed by atoms with Crippen LogP contribution >= 0.6 is 11.6 Å². The number of aromatic amines is 1. The standard InChI is InChI=1S/C16H16ClF3N4O2/c1-9-6-11(24(25)26)7-12(17)14(9)23-4-2-10(3-5-23)15-21-8-13(22-15)16(18,19)20/h6-8,10H,2-5H2,1H3,(H,21,22). The molecular formula is C16H16ClF3N4O2. The molecule has 26 heavy (non-hydrogen) atoms. The molecule has 0 spiro atoms. The van der Waals surface area contributed by atoms with Crippen LogP contribution in [0.25, 0.3) is 0 Å². The van der Waals surface area contributed by atoms with Gasteiger partial charge in [-0.1, -0.05) is 11.6 Å². The molecule has 1 aliphatic heterocycles. The van der Waals surface area contributed by atoms with Crippen LogP contribution in [0.15, 0.2) is 18.3 Å². The molecule has 0 saturated carbocycles. The van der Waals surface area contributed by atoms with Crippen LogP contribution in [0.4, 0.5) is 24.5 Å². The average Bonchev–Trinajstić information content (AvgIpc) is 3.05. The zero-order chi connectivity index (χ0) is 19.1. The van der Waals surface area contributed by atoms with E-state index >= 15 is 0 Å². The molecule has 140 valence electrons. The SMILES string of the molecule is Cc1cc([N+](=O)[O-])cc(Cl)c1N1CCC(c2ncc(C(F)(F)F)[nH]2)CC1. The number of nitrogens with zero attached hydrogens (tertiary/aromatic N) is 3. The maximum Gasteiger partial charge on any atom is 0.432 e. The molecule has 1 N–H and O–H groups in total. The van der Waals surface area contributed by atoms with Crippen molar-refractivity contribution in [3.8, 4) is 0 Å². The number of hydrogen-bond acceptors (Lipinski definition) is 4. The van der Waals surface area contributed by atoms with Crippen molar-refractivity contribution in [3.05, 3.63) is 50.5 Å². The molecule has 0 atom stereocenters. The summed E-state index contributed by atoms with van der Waals surface area (Å²) in [6, 6.07) is 2.79. The number of aromatic nitrogens is 2. The fourth-order valence-electron chi connectivity index (χ4n) is 3.29. The number of nitro groups is 1. The third kappa shape index (κ3) is 3.62. The van der Waals surface area contributed by atoms with Crippen LogP contribution in [-0.2, 0) is 6.18 Å². The number of benzene rings is 1. The van der Waals surface area contributed by atoms with Gasteiger partial charge in [0.1, 0.15) is 11.5 Å². The monoisotopic (exact) mass is 388 g/mol. The number of nitro benzene ring substituents is 1. The third-order valence-corrected chi connectivity index (χ3v) is 4.84. The number of imidazole rings is 1. The predicted molar refractivity (Wildman–Crippen MR) is 90.6 cm³/mol. The number of hydrogen-bond donors (Lipinski definition) is 1. The van der Waals surface area contributed by atoms with Gasteiger partial charge in [-0.25, -0.2) is 4.98 Å². The Morgan fingerprint density at radius 2 is 2.00 bits per heavy atom. The van der Waals surface area contributed by atoms with E-state index in [9.17, 15) is 23.3 Å². The molecule has 0 unspecified atom stereocenters. The Kier molecular flexibility index (Phi) is 4.83. The van der Waals surface area contributed by atoms with Crippen molar-refractivity contribution in [1.29, 1.82) is 0 Å². The molecule has 3 rings (SSSR count). The summed E-state index contributed by atoms with van der Waals surface area (Å²) in [5, 5.41) is 11.2. The van der Waals surface area contributed by atoms with Gasteiger partial charge < -0.3 is 9.88 Å². The van der Waals surface area contributed by atoms with E-state index in [2.05, 4.69) is 9.97 Å². The van der Waals surface area contributed by atoms with Crippen LogP contribution in [-0.4, -0.2) is 28.0 Å². The second kappa shape index (κ2) is 6.79. The summed E-state index contributed by atoms with van der Waals surface area (Å²) in [4.78, 5) is 18.7. The van der Waals surface area contributed by atoms with Crippen LogP contribution in [0.5, 0.6) is 0 Å². The van der Waals surface area contributed by atoms with Crippen molar-refractivity contribution in [2.45, 2.75) is 31.9 Å². The van der Waals surface area contributed by atoms with Crippen LogP contribution in [0.3, 0.4) is 0 Å². The number of halogens is 4. The summed E-state index contributed by atoms with van der Waals surface area (Å²) in [6.07, 6.45) is -2.40. The van der Waals surface area contributed by atoms with Gasteiger partial charge in [0.2, 0.25) is 0 Å². The van der Waals surface area contributed by atoms with Gasteiger partial charge >= 0.3 is 6.18 Å². The zero-order valence-electron chi connectivity index (χ0n) is 13.8. The molecule has 1 aromatic heterocycles. The lowest BCUT2D eigenvalue weighted by atomic mass is 9.95. The normalized spacial score (nSPS) is 16.1. The van der Waals surface area contributed by atoms with Gasteiger partial charge in [0, 0.05) is 31.1 Å². The van der Waals surface area contributed by atoms with E-state index in [0.29, 0.717) is 42.3 Å². The van der Waals surface area contributed by atoms with Gasteiger partial charge in [0.05, 0.1) is 21.8 Å². The van der Waals surface area contributed by atoms with Gasteiger partial charge in [-0.15, -0.1) is 0 Å². The molecule has 0 amide bonds. The zero-order valence-corrected chi connectivity index (χ0v) is 14.6. The molecule has 2 aromatic rings. The first-order valence-electron chi connectivity index (χ1n) is 7.98. The van der Waals surface area contributed by atoms with Crippen molar-refractivity contribution >= 4 is 23.0 Å². The summed E-state index contributed by atoms with van der Waals surface area (Å²) >= 11 is 6.23. The van der Waals surface area contributed by atoms with E-state index in [1.165, 1.54) is 12.1 Å². The van der Waals surface area contributed by atoms with Crippen molar-refractivity contribution < 1.29 is 18.1 Å². The molecule has 1 aromatic carbocycles. The second-order valence-corrected chi connectivity index (χ2v) is 6.70. The Balaban J connectivity index is 1.73. The second-order valence-electron chi connectivity index (χ2n) is 6.29. The first kappa shape index (κ1) is 18.5. The number of nitrogens with one attached hydrogen (secondary N) is 1. The maximum absolute atomic E-state index is 12.7. The summed E-state index contributed by atoms with van der Waals surface area (Å²) < 4.78 is 38.1. The average molecular weight is 389 g/mol. The molecule has 0 aliphatic carbocycles. The van der Waals surface area contributed by atoms with E-state index in [4.69, 9.17) is 11.6 Å². The van der Waals surface area contributed by atoms with Gasteiger partial charge in [0.15, 0.2) is 0 Å². The molecule has 1 aliphatic rings. The summed E-state index contributed by atoms with van der Waals surface area (Å²) in [7, 11) is 0. The van der Waals surface area contributed by atoms with Gasteiger partial charge in [-0.2, -0.15) is 13.2 Å². The lowest BCUT2D eigenvalue weighted by Crippen LogP contribution is -2.34. The van der Waals surface area contributed by atoms with E-state index in [0.717, 1.165) is 11.9 Å². The Bertz CT molecular complexity index is 806. The first-order chi connectivity index (χ1) is 12.2. The minimum Gasteiger partial charge on any atom is -0.370 e. The van der Waals surface area contributed by atoms with Gasteiger partial charge in [-0.05, 0) is 25.3 Å². The minimum absolute atomic E-state index is 0.0681. The van der Waals surface area contributed by atoms with Crippen LogP contribution in [0.2, 0.25) is 5.02 Å². The Labute approximate surface area is 152 Å². The van der Waals surface area contributed by atoms with Crippen LogP contribution in [0, 0.1) is 17.0 Å². The highest BCUT2D eigenvalue weighted by Gasteiger charge is 2.34. The fraction of sp³-hybridized carbons (Fsp3) is 0.438. The third-order valence-electron chi connectivity index (χ3n) is 4.55. The summed E-state index contributed by atoms with van der Waals surface area (Å²) in [5.74, 6) is 0.239. The largest absolute Gasteiger partial charge is 0.432 e. The number of aryl methyl sites for hydroxylation is 1. The molecule has 1 saturated heterocycles. The van der Waals surface area contributed by atoms with E-state index < -0.39 is 16.8 Å². The van der Waals surface area contributed by atoms with Crippen LogP contribution in [0.1, 0.15) is 35.8 Å². The Morgan fingerprint density at radius 3 is 2.50 bits per heavy atom. The number of anilines is 1. The Morgan fingerprint density at radius 1 is 1.35 bits per heavy atom. The van der Waals surface area contributed by atoms with Crippen molar-refractivity contribution in [2.75, 3.05) is 18.0 Å². The number of H-pyrrole nitrogens is 1. The summed E-state index contributed by atoms with van der Waals surface area (Å²) in [6.45, 7) is 2.90. The highest BCUT2D eigenvalue weighted by atomic mass is 35.5. The van der Waals surface area contributed by atoms with Crippen molar-refractivity contribution in [1.82, 2.24) is 9.97 Å². The molecule has 6 nitrogen and oxygen atoms in total. The highest BCUT2D eigenvalue weighted by Crippen LogP contribution is 2.38. The lowest BCUT2D eigenvalue weighted by Gasteiger charge is -2.34. The first-order valence-corrected chi connectivity index (χ1v) is 8.36. The minimum atomic E-state index is -4.44. The quantitative estimate of drug-likeness (QED) is 0.611. The van der Waals surface area contributed by atoms with Gasteiger partial charge in [-0.3, -0.25) is 10.1 Å². The Hall–Kier alpha value is -2.29. The smallest absolute Gasteiger partial charge is 0.370 e. The van der Waals surface area contributed by atoms with E-state index in [1.54, 1.807) is 6.92 Å². The molecule has 10 heteroatoms. The number of piperidine rings is 1. The van der Waals surface area contributed by atoms with Crippen molar-refractivity contribution in [3.63, 3.8) is 0 Å². The summed E-state index contributed by atoms with van der Waals surface area (Å²) in [5.41, 5.74) is 0.511. The fourth-order valence-corrected chi connectivity index (χ4v) is 3.67. The van der Waals surface area contributed by atoms with E-state index in [-0.39, 0.29) is 11.6 Å². The molecule has 0 radical (unpaired) electrons. The van der Waals surface area contributed by atoms with Gasteiger partial charge in [0.25, 0.3) is 5.69 Å². The molecule has 0 bridgehead atoms. The van der Waals surface area contributed by atoms with Crippen LogP contribution < -0.4 is 4.90 Å². The number of rotatable bonds is 3. The molecule has 1 fully saturated rings. The lowest BCUT2D eigenvalue weighted by molar-refractivity contribution is -0.384. The topological polar surface area (TPSA) is 75.1 Å². The van der Waals surface area contributed by atoms with Crippen molar-refractivity contribution in [2.24, 2.45) is 0 Å². The molecular weight excluding hydrogens is 373 g/mol. The highest BCUT2D eigenvalue weighted by molar-refractivity contribution is 6.33.